The van der Waals surface area contributed by atoms with E-state index in [9.17, 15) is 0 Å². The highest BCUT2D eigenvalue weighted by molar-refractivity contribution is 8.01. The van der Waals surface area contributed by atoms with Crippen molar-refractivity contribution >= 4 is 112 Å². The van der Waals surface area contributed by atoms with Crippen molar-refractivity contribution in [2.75, 3.05) is 0 Å². The number of fused-ring (bicyclic) bond motifs is 12. The fourth-order valence-corrected chi connectivity index (χ4v) is 15.1. The Hall–Kier alpha value is -8.48. The molecule has 0 fully saturated rings. The summed E-state index contributed by atoms with van der Waals surface area (Å²) >= 11 is 3.86. The zero-order valence-electron chi connectivity index (χ0n) is 39.5. The van der Waals surface area contributed by atoms with Crippen molar-refractivity contribution in [2.45, 2.75) is 19.6 Å². The second-order valence-corrected chi connectivity index (χ2v) is 21.7. The van der Waals surface area contributed by atoms with Gasteiger partial charge in [-0.05, 0) is 127 Å². The Balaban J connectivity index is 0.895. The van der Waals surface area contributed by atoms with Gasteiger partial charge < -0.3 is 9.13 Å². The Bertz CT molecular complexity index is 4290. The molecule has 4 heterocycles. The highest BCUT2D eigenvalue weighted by Crippen LogP contribution is 2.47. The molecule has 0 bridgehead atoms. The summed E-state index contributed by atoms with van der Waals surface area (Å²) in [5.74, 6) is 0. The first-order valence-electron chi connectivity index (χ1n) is 25.1. The van der Waals surface area contributed by atoms with Gasteiger partial charge in [-0.1, -0.05) is 216 Å². The van der Waals surface area contributed by atoms with Gasteiger partial charge in [0.15, 0.2) is 0 Å². The van der Waals surface area contributed by atoms with Crippen LogP contribution >= 0.6 is 23.5 Å². The van der Waals surface area contributed by atoms with Crippen molar-refractivity contribution in [3.05, 3.63) is 249 Å². The minimum absolute atomic E-state index is 0.0816. The van der Waals surface area contributed by atoms with Crippen LogP contribution in [0.15, 0.2) is 268 Å². The molecule has 0 amide bonds. The Morgan fingerprint density at radius 1 is 0.260 bits per heavy atom. The summed E-state index contributed by atoms with van der Waals surface area (Å²) in [6.45, 7) is 0.0816. The molecule has 0 unspecified atom stereocenters. The summed E-state index contributed by atoms with van der Waals surface area (Å²) < 4.78 is 4.91. The van der Waals surface area contributed by atoms with Crippen molar-refractivity contribution in [1.29, 1.82) is 0 Å². The molecule has 14 aromatic rings. The average molecular weight is 961 g/mol. The zero-order chi connectivity index (χ0) is 47.7. The fourth-order valence-electron chi connectivity index (χ4n) is 12.5. The van der Waals surface area contributed by atoms with Crippen molar-refractivity contribution in [3.8, 4) is 44.8 Å². The molecule has 0 N–H and O–H groups in total. The second kappa shape index (κ2) is 16.0. The number of para-hydroxylation sites is 4. The van der Waals surface area contributed by atoms with Crippen LogP contribution in [-0.2, 0) is 0 Å². The molecule has 0 atom stereocenters. The monoisotopic (exact) mass is 960 g/mol. The van der Waals surface area contributed by atoms with Crippen LogP contribution in [0.4, 0.5) is 0 Å². The highest BCUT2D eigenvalue weighted by atomic mass is 32.2. The van der Waals surface area contributed by atoms with Crippen LogP contribution in [0.25, 0.3) is 110 Å². The van der Waals surface area contributed by atoms with Crippen LogP contribution in [0.3, 0.4) is 0 Å². The molecule has 0 spiro atoms. The number of hydrogen-bond acceptors (Lipinski definition) is 2. The lowest BCUT2D eigenvalue weighted by atomic mass is 9.36. The largest absolute Gasteiger partial charge is 0.309 e. The third kappa shape index (κ3) is 6.16. The molecule has 5 heteroatoms. The number of benzene rings is 12. The van der Waals surface area contributed by atoms with E-state index < -0.39 is 0 Å². The lowest BCUT2D eigenvalue weighted by molar-refractivity contribution is 1.16. The molecule has 2 aromatic heterocycles. The maximum Gasteiger partial charge on any atom is 0.247 e. The van der Waals surface area contributed by atoms with E-state index in [1.165, 1.54) is 146 Å². The van der Waals surface area contributed by atoms with E-state index in [2.05, 4.69) is 258 Å². The quantitative estimate of drug-likeness (QED) is 0.126. The summed E-state index contributed by atoms with van der Waals surface area (Å²) in [5, 5.41) is 10.2. The van der Waals surface area contributed by atoms with Crippen molar-refractivity contribution in [3.63, 3.8) is 0 Å². The normalized spacial score (nSPS) is 12.8. The Kier molecular flexibility index (Phi) is 9.03. The van der Waals surface area contributed by atoms with E-state index in [0.717, 1.165) is 0 Å². The molecule has 0 saturated carbocycles. The van der Waals surface area contributed by atoms with E-state index >= 15 is 0 Å². The van der Waals surface area contributed by atoms with Gasteiger partial charge in [0, 0.05) is 52.5 Å². The molecule has 12 aromatic carbocycles. The van der Waals surface area contributed by atoms with Gasteiger partial charge in [-0.2, -0.15) is 0 Å². The summed E-state index contributed by atoms with van der Waals surface area (Å²) in [7, 11) is 0. The highest BCUT2D eigenvalue weighted by Gasteiger charge is 2.39. The molecule has 2 aliphatic heterocycles. The topological polar surface area (TPSA) is 9.86 Å². The summed E-state index contributed by atoms with van der Waals surface area (Å²) in [4.78, 5) is 5.24. The van der Waals surface area contributed by atoms with Crippen molar-refractivity contribution in [2.24, 2.45) is 0 Å². The second-order valence-electron chi connectivity index (χ2n) is 19.5. The molecule has 2 nitrogen and oxygen atoms in total. The van der Waals surface area contributed by atoms with Gasteiger partial charge in [-0.3, -0.25) is 0 Å². The van der Waals surface area contributed by atoms with Crippen LogP contribution < -0.4 is 16.4 Å². The predicted molar refractivity (Wildman–Crippen MR) is 312 cm³/mol. The molecule has 2 aliphatic rings. The molecule has 73 heavy (non-hydrogen) atoms. The number of nitrogens with zero attached hydrogens (tertiary/aromatic N) is 2. The van der Waals surface area contributed by atoms with Gasteiger partial charge in [0.2, 0.25) is 6.71 Å². The van der Waals surface area contributed by atoms with Crippen molar-refractivity contribution in [1.82, 2.24) is 9.13 Å². The molecule has 0 saturated heterocycles. The van der Waals surface area contributed by atoms with E-state index in [4.69, 9.17) is 0 Å². The third-order valence-corrected chi connectivity index (χ3v) is 17.9. The standard InChI is InChI=1S/C68H41BN2S2/c1-2-17-42(18-3-1)66-52-25-4-6-27-54(52)67(55-28-7-5-26-53(55)66)44-20-16-19-43(37-44)45-38-64-68-65(39-45)73-63-41-47(71-60-31-14-10-23-50(60)51-24-11-15-32-61(51)71)34-36-57(63)69(68)56-35-33-46(40-62(56)72-64)70-58-29-12-8-21-48(58)49-22-9-13-30-59(49)70/h1-41H. The summed E-state index contributed by atoms with van der Waals surface area (Å²) in [6.07, 6.45) is 0. The van der Waals surface area contributed by atoms with Gasteiger partial charge in [-0.15, -0.1) is 0 Å². The van der Waals surface area contributed by atoms with Gasteiger partial charge in [0.25, 0.3) is 0 Å². The minimum Gasteiger partial charge on any atom is -0.309 e. The minimum atomic E-state index is 0.0816. The Labute approximate surface area is 431 Å². The van der Waals surface area contributed by atoms with Crippen LogP contribution in [0.2, 0.25) is 0 Å². The maximum absolute atomic E-state index is 2.48. The first-order chi connectivity index (χ1) is 36.2. The fraction of sp³-hybridized carbons (Fsp3) is 0. The first kappa shape index (κ1) is 41.2. The van der Waals surface area contributed by atoms with Crippen LogP contribution in [0.5, 0.6) is 0 Å². The van der Waals surface area contributed by atoms with Crippen LogP contribution in [0.1, 0.15) is 0 Å². The number of hydrogen-bond donors (Lipinski definition) is 0. The summed E-state index contributed by atoms with van der Waals surface area (Å²) in [5.41, 5.74) is 18.9. The maximum atomic E-state index is 2.48. The predicted octanol–water partition coefficient (Wildman–Crippen LogP) is 16.6. The molecule has 338 valence electrons. The first-order valence-corrected chi connectivity index (χ1v) is 26.7. The molecule has 0 radical (unpaired) electrons. The molecule has 16 rings (SSSR count). The average Bonchev–Trinajstić information content (AvgIpc) is 3.97. The SMILES string of the molecule is c1ccc(-c2c3ccccc3c(-c3cccc(-c4cc5c6c(c4)Sc4cc(-n7c8ccccc8c8ccccc87)ccc4B6c4ccc(-n6c7ccccc7c7ccccc76)cc4S5)c3)c3ccccc23)cc1. The smallest absolute Gasteiger partial charge is 0.247 e. The molecular weight excluding hydrogens is 920 g/mol. The van der Waals surface area contributed by atoms with Gasteiger partial charge in [0.05, 0.1) is 22.1 Å². The molecular formula is C68H41BN2S2. The van der Waals surface area contributed by atoms with E-state index in [1.807, 2.05) is 23.5 Å². The van der Waals surface area contributed by atoms with E-state index in [-0.39, 0.29) is 6.71 Å². The summed E-state index contributed by atoms with van der Waals surface area (Å²) in [6, 6.07) is 92.9. The number of aromatic nitrogens is 2. The Morgan fingerprint density at radius 2 is 0.630 bits per heavy atom. The van der Waals surface area contributed by atoms with Gasteiger partial charge in [0.1, 0.15) is 0 Å². The zero-order valence-corrected chi connectivity index (χ0v) is 41.1. The van der Waals surface area contributed by atoms with Gasteiger partial charge >= 0.3 is 0 Å². The van der Waals surface area contributed by atoms with Crippen LogP contribution in [-0.4, -0.2) is 15.8 Å². The Morgan fingerprint density at radius 3 is 1.08 bits per heavy atom. The van der Waals surface area contributed by atoms with E-state index in [0.29, 0.717) is 0 Å². The lowest BCUT2D eigenvalue weighted by Crippen LogP contribution is -2.58. The van der Waals surface area contributed by atoms with Crippen molar-refractivity contribution < 1.29 is 0 Å². The third-order valence-electron chi connectivity index (χ3n) is 15.6. The van der Waals surface area contributed by atoms with Gasteiger partial charge in [-0.25, -0.2) is 0 Å². The molecule has 0 aliphatic carbocycles. The lowest BCUT2D eigenvalue weighted by Gasteiger charge is -2.34. The van der Waals surface area contributed by atoms with Crippen LogP contribution in [0, 0.1) is 0 Å². The number of rotatable bonds is 5. The van der Waals surface area contributed by atoms with E-state index in [1.54, 1.807) is 0 Å².